The third kappa shape index (κ3) is 6.56. The van der Waals surface area contributed by atoms with Gasteiger partial charge in [0.1, 0.15) is 65.2 Å². The Morgan fingerprint density at radius 2 is 1.49 bits per heavy atom. The molecule has 2 aliphatic heterocycles. The van der Waals surface area contributed by atoms with Crippen molar-refractivity contribution in [3.8, 4) is 23.0 Å². The zero-order valence-electron chi connectivity index (χ0n) is 21.9. The fourth-order valence-electron chi connectivity index (χ4n) is 4.75. The lowest BCUT2D eigenvalue weighted by Crippen LogP contribution is -2.64. The van der Waals surface area contributed by atoms with E-state index in [2.05, 4.69) is 0 Å². The van der Waals surface area contributed by atoms with Gasteiger partial charge in [0.2, 0.25) is 6.29 Å². The van der Waals surface area contributed by atoms with Gasteiger partial charge in [-0.05, 0) is 25.0 Å². The van der Waals surface area contributed by atoms with E-state index in [4.69, 9.17) is 18.9 Å². The van der Waals surface area contributed by atoms with E-state index in [1.807, 2.05) is 0 Å². The quantitative estimate of drug-likeness (QED) is 0.156. The minimum absolute atomic E-state index is 0.00141. The lowest BCUT2D eigenvalue weighted by molar-refractivity contribution is -0.354. The van der Waals surface area contributed by atoms with E-state index in [0.29, 0.717) is 5.56 Å². The highest BCUT2D eigenvalue weighted by molar-refractivity contribution is 6.01. The molecule has 2 fully saturated rings. The number of ketones is 1. The second kappa shape index (κ2) is 12.9. The topological polar surface area (TPSA) is 236 Å². The molecule has 2 aromatic carbocycles. The van der Waals surface area contributed by atoms with Crippen LogP contribution in [0.5, 0.6) is 23.0 Å². The lowest BCUT2D eigenvalue weighted by atomic mass is 9.97. The summed E-state index contributed by atoms with van der Waals surface area (Å²) in [5.74, 6) is -2.17. The fraction of sp³-hybridized carbons (Fsp3) is 0.519. The van der Waals surface area contributed by atoms with Gasteiger partial charge in [0.05, 0.1) is 12.7 Å². The van der Waals surface area contributed by atoms with Crippen molar-refractivity contribution in [1.29, 1.82) is 0 Å². The number of carbonyl (C=O) groups is 1. The van der Waals surface area contributed by atoms with Crippen molar-refractivity contribution in [2.45, 2.75) is 81.2 Å². The Bertz CT molecular complexity index is 1180. The molecule has 2 heterocycles. The number of aliphatic hydroxyl groups is 6. The average molecular weight is 583 g/mol. The Morgan fingerprint density at radius 1 is 0.829 bits per heavy atom. The highest BCUT2D eigenvalue weighted by atomic mass is 16.8. The number of hydrogen-bond donors (Lipinski definition) is 9. The molecular weight excluding hydrogens is 548 g/mol. The Labute approximate surface area is 234 Å². The van der Waals surface area contributed by atoms with E-state index in [9.17, 15) is 50.8 Å². The number of aromatic hydroxyl groups is 3. The van der Waals surface area contributed by atoms with Crippen molar-refractivity contribution in [3.63, 3.8) is 0 Å². The van der Waals surface area contributed by atoms with Crippen molar-refractivity contribution in [1.82, 2.24) is 0 Å². The Morgan fingerprint density at radius 3 is 2.12 bits per heavy atom. The summed E-state index contributed by atoms with van der Waals surface area (Å²) < 4.78 is 22.2. The number of benzene rings is 2. The number of aryl methyl sites for hydroxylation is 1. The van der Waals surface area contributed by atoms with Gasteiger partial charge in [-0.15, -0.1) is 0 Å². The number of phenolic OH excluding ortho intramolecular Hbond substituents is 3. The second-order valence-electron chi connectivity index (χ2n) is 10.00. The number of phenols is 3. The summed E-state index contributed by atoms with van der Waals surface area (Å²) in [7, 11) is 0. The van der Waals surface area contributed by atoms with E-state index >= 15 is 0 Å². The van der Waals surface area contributed by atoms with E-state index in [1.54, 1.807) is 18.2 Å². The van der Waals surface area contributed by atoms with Crippen molar-refractivity contribution in [3.05, 3.63) is 47.5 Å². The predicted octanol–water partition coefficient (Wildman–Crippen LogP) is -1.35. The van der Waals surface area contributed by atoms with Crippen molar-refractivity contribution >= 4 is 5.78 Å². The van der Waals surface area contributed by atoms with E-state index < -0.39 is 90.9 Å². The maximum Gasteiger partial charge on any atom is 0.229 e. The first-order valence-electron chi connectivity index (χ1n) is 12.9. The van der Waals surface area contributed by atoms with Gasteiger partial charge in [-0.25, -0.2) is 0 Å². The van der Waals surface area contributed by atoms with Gasteiger partial charge in [0.15, 0.2) is 18.2 Å². The van der Waals surface area contributed by atoms with Gasteiger partial charge in [-0.3, -0.25) is 4.79 Å². The summed E-state index contributed by atoms with van der Waals surface area (Å²) in [6.45, 7) is 0.668. The summed E-state index contributed by atoms with van der Waals surface area (Å²) in [5, 5.41) is 92.0. The molecule has 0 amide bonds. The molecule has 10 unspecified atom stereocenters. The smallest absolute Gasteiger partial charge is 0.229 e. The molecule has 226 valence electrons. The first-order chi connectivity index (χ1) is 19.4. The van der Waals surface area contributed by atoms with E-state index in [-0.39, 0.29) is 24.3 Å². The number of Topliss-reactive ketones (excluding diaryl/α,β-unsaturated/α-hetero) is 1. The molecular formula is C27H34O14. The number of carbonyl (C=O) groups excluding carboxylic acids is 1. The van der Waals surface area contributed by atoms with Gasteiger partial charge in [-0.1, -0.05) is 18.2 Å². The van der Waals surface area contributed by atoms with Crippen LogP contribution in [0.2, 0.25) is 0 Å². The van der Waals surface area contributed by atoms with Crippen LogP contribution in [0, 0.1) is 0 Å². The van der Waals surface area contributed by atoms with Crippen LogP contribution in [0.3, 0.4) is 0 Å². The molecule has 14 nitrogen and oxygen atoms in total. The second-order valence-corrected chi connectivity index (χ2v) is 10.00. The summed E-state index contributed by atoms with van der Waals surface area (Å²) in [6.07, 6.45) is -15.5. The number of para-hydroxylation sites is 1. The van der Waals surface area contributed by atoms with Crippen LogP contribution in [0.4, 0.5) is 0 Å². The maximum atomic E-state index is 12.8. The molecule has 0 saturated carbocycles. The average Bonchev–Trinajstić information content (AvgIpc) is 2.93. The number of ether oxygens (including phenoxy) is 4. The molecule has 14 heteroatoms. The summed E-state index contributed by atoms with van der Waals surface area (Å²) >= 11 is 0. The van der Waals surface area contributed by atoms with Crippen LogP contribution >= 0.6 is 0 Å². The zero-order chi connectivity index (χ0) is 30.0. The Kier molecular flexibility index (Phi) is 9.69. The standard InChI is InChI=1S/C27H34O14/c1-11-20(33)22(35)24(37)26(38-11)41-25-23(36)21(34)18(10-28)40-27(25)39-13-8-16(31)19(17(32)9-13)15(30)7-6-12-4-2-3-5-14(12)29/h2-5,8-9,11,18,20-29,31-37H,6-7,10H2,1H3. The third-order valence-corrected chi connectivity index (χ3v) is 7.14. The van der Waals surface area contributed by atoms with Crippen LogP contribution in [-0.2, 0) is 20.6 Å². The summed E-state index contributed by atoms with van der Waals surface area (Å²) in [4.78, 5) is 12.8. The molecule has 0 aromatic heterocycles. The van der Waals surface area contributed by atoms with E-state index in [0.717, 1.165) is 12.1 Å². The first kappa shape index (κ1) is 30.9. The summed E-state index contributed by atoms with van der Waals surface area (Å²) in [5.41, 5.74) is 0.108. The Hall–Kier alpha value is -3.05. The fourth-order valence-corrected chi connectivity index (χ4v) is 4.75. The van der Waals surface area contributed by atoms with Crippen molar-refractivity contribution in [2.24, 2.45) is 0 Å². The molecule has 2 aliphatic rings. The van der Waals surface area contributed by atoms with Gasteiger partial charge >= 0.3 is 0 Å². The van der Waals surface area contributed by atoms with E-state index in [1.165, 1.54) is 13.0 Å². The predicted molar refractivity (Wildman–Crippen MR) is 136 cm³/mol. The van der Waals surface area contributed by atoms with Crippen molar-refractivity contribution in [2.75, 3.05) is 6.61 Å². The lowest BCUT2D eigenvalue weighted by Gasteiger charge is -2.45. The normalized spacial score (nSPS) is 33.8. The van der Waals surface area contributed by atoms with Crippen LogP contribution in [0.25, 0.3) is 0 Å². The van der Waals surface area contributed by atoms with Crippen LogP contribution in [0.1, 0.15) is 29.3 Å². The molecule has 41 heavy (non-hydrogen) atoms. The molecule has 2 aromatic rings. The van der Waals surface area contributed by atoms with Gasteiger partial charge in [0.25, 0.3) is 0 Å². The van der Waals surface area contributed by atoms with Gasteiger partial charge in [-0.2, -0.15) is 0 Å². The van der Waals surface area contributed by atoms with Crippen LogP contribution in [0.15, 0.2) is 36.4 Å². The highest BCUT2D eigenvalue weighted by Crippen LogP contribution is 2.36. The minimum Gasteiger partial charge on any atom is -0.508 e. The maximum absolute atomic E-state index is 12.8. The molecule has 9 N–H and O–H groups in total. The van der Waals surface area contributed by atoms with Gasteiger partial charge < -0.3 is 64.9 Å². The SMILES string of the molecule is CC1OC(OC2C(Oc3cc(O)c(C(=O)CCc4ccccc4O)c(O)c3)OC(CO)C(O)C2O)C(O)C(O)C1O. The molecule has 0 bridgehead atoms. The molecule has 0 radical (unpaired) electrons. The first-order valence-corrected chi connectivity index (χ1v) is 12.9. The minimum atomic E-state index is -1.78. The molecule has 0 spiro atoms. The van der Waals surface area contributed by atoms with Gasteiger partial charge in [0, 0.05) is 18.6 Å². The monoisotopic (exact) mass is 582 g/mol. The molecule has 0 aliphatic carbocycles. The highest BCUT2D eigenvalue weighted by Gasteiger charge is 2.51. The number of rotatable bonds is 9. The largest absolute Gasteiger partial charge is 0.508 e. The third-order valence-electron chi connectivity index (χ3n) is 7.14. The zero-order valence-corrected chi connectivity index (χ0v) is 21.9. The number of aliphatic hydroxyl groups excluding tert-OH is 6. The molecule has 2 saturated heterocycles. The van der Waals surface area contributed by atoms with Crippen molar-refractivity contribution < 1.29 is 69.7 Å². The summed E-state index contributed by atoms with van der Waals surface area (Å²) in [6, 6.07) is 8.41. The molecule has 4 rings (SSSR count). The van der Waals surface area contributed by atoms with Crippen LogP contribution in [-0.4, -0.2) is 120 Å². The van der Waals surface area contributed by atoms with Crippen LogP contribution < -0.4 is 4.74 Å². The number of hydrogen-bond acceptors (Lipinski definition) is 14. The Balaban J connectivity index is 1.53. The molecule has 10 atom stereocenters.